The monoisotopic (exact) mass is 277 g/mol. The van der Waals surface area contributed by atoms with Crippen LogP contribution >= 0.6 is 0 Å². The van der Waals surface area contributed by atoms with Gasteiger partial charge < -0.3 is 15.2 Å². The van der Waals surface area contributed by atoms with Crippen molar-refractivity contribution in [3.63, 3.8) is 0 Å². The molecule has 1 saturated carbocycles. The Bertz CT molecular complexity index is 458. The highest BCUT2D eigenvalue weighted by atomic mass is 16.5. The number of rotatable bonds is 4. The van der Waals surface area contributed by atoms with Gasteiger partial charge in [-0.1, -0.05) is 26.8 Å². The first kappa shape index (κ1) is 15.2. The number of aliphatic hydroxyl groups excluding tert-OH is 1. The minimum atomic E-state index is -0.229. The lowest BCUT2D eigenvalue weighted by Gasteiger charge is -2.47. The molecule has 2 rings (SSSR count). The van der Waals surface area contributed by atoms with Crippen LogP contribution in [0.15, 0.2) is 24.3 Å². The molecule has 2 N–H and O–H groups in total. The second-order valence-corrected chi connectivity index (χ2v) is 7.15. The Morgan fingerprint density at radius 3 is 2.70 bits per heavy atom. The highest BCUT2D eigenvalue weighted by Gasteiger charge is 2.42. The maximum absolute atomic E-state index is 9.99. The third-order valence-electron chi connectivity index (χ3n) is 4.24. The molecule has 1 aliphatic rings. The van der Waals surface area contributed by atoms with Gasteiger partial charge in [0, 0.05) is 11.8 Å². The van der Waals surface area contributed by atoms with Gasteiger partial charge in [0.05, 0.1) is 19.3 Å². The van der Waals surface area contributed by atoms with Crippen molar-refractivity contribution < 1.29 is 9.84 Å². The number of nitrogens with one attached hydrogen (secondary N) is 1. The molecule has 112 valence electrons. The fraction of sp³-hybridized carbons (Fsp3) is 0.647. The molecule has 1 aromatic carbocycles. The molecule has 2 unspecified atom stereocenters. The van der Waals surface area contributed by atoms with Crippen molar-refractivity contribution in [3.8, 4) is 5.75 Å². The smallest absolute Gasteiger partial charge is 0.120 e. The summed E-state index contributed by atoms with van der Waals surface area (Å²) in [5.74, 6) is 1.45. The van der Waals surface area contributed by atoms with Crippen LogP contribution in [-0.2, 0) is 0 Å². The molecule has 2 atom stereocenters. The van der Waals surface area contributed by atoms with Gasteiger partial charge >= 0.3 is 0 Å². The Balaban J connectivity index is 2.22. The largest absolute Gasteiger partial charge is 0.497 e. The minimum absolute atomic E-state index is 0.165. The predicted molar refractivity (Wildman–Crippen MR) is 83.2 cm³/mol. The van der Waals surface area contributed by atoms with Crippen LogP contribution in [0.3, 0.4) is 0 Å². The molecule has 3 nitrogen and oxygen atoms in total. The van der Waals surface area contributed by atoms with Gasteiger partial charge in [0.15, 0.2) is 0 Å². The number of aliphatic hydroxyl groups is 1. The van der Waals surface area contributed by atoms with Crippen molar-refractivity contribution in [2.75, 3.05) is 19.0 Å². The van der Waals surface area contributed by atoms with E-state index in [2.05, 4.69) is 26.1 Å². The molecule has 1 aliphatic carbocycles. The summed E-state index contributed by atoms with van der Waals surface area (Å²) in [4.78, 5) is 0. The second-order valence-electron chi connectivity index (χ2n) is 7.15. The van der Waals surface area contributed by atoms with Crippen LogP contribution in [0.2, 0.25) is 0 Å². The normalized spacial score (nSPS) is 28.9. The van der Waals surface area contributed by atoms with Crippen LogP contribution in [0.1, 0.15) is 40.0 Å². The van der Waals surface area contributed by atoms with Gasteiger partial charge in [-0.3, -0.25) is 0 Å². The second kappa shape index (κ2) is 5.65. The molecule has 0 saturated heterocycles. The summed E-state index contributed by atoms with van der Waals surface area (Å²) in [5.41, 5.74) is 1.04. The zero-order chi connectivity index (χ0) is 14.8. The first-order valence-corrected chi connectivity index (χ1v) is 7.41. The quantitative estimate of drug-likeness (QED) is 0.882. The van der Waals surface area contributed by atoms with Crippen molar-refractivity contribution in [1.29, 1.82) is 0 Å². The molecule has 0 amide bonds. The van der Waals surface area contributed by atoms with Crippen LogP contribution in [0, 0.1) is 11.3 Å². The van der Waals surface area contributed by atoms with Crippen molar-refractivity contribution in [2.45, 2.75) is 45.6 Å². The van der Waals surface area contributed by atoms with Gasteiger partial charge in [0.25, 0.3) is 0 Å². The Morgan fingerprint density at radius 2 is 2.10 bits per heavy atom. The van der Waals surface area contributed by atoms with E-state index in [9.17, 15) is 5.11 Å². The summed E-state index contributed by atoms with van der Waals surface area (Å²) in [5, 5.41) is 13.6. The van der Waals surface area contributed by atoms with Crippen molar-refractivity contribution >= 4 is 5.69 Å². The van der Waals surface area contributed by atoms with Gasteiger partial charge in [-0.25, -0.2) is 0 Å². The molecular weight excluding hydrogens is 250 g/mol. The fourth-order valence-electron chi connectivity index (χ4n) is 4.01. The van der Waals surface area contributed by atoms with E-state index < -0.39 is 0 Å². The standard InChI is InChI=1S/C17H27NO2/c1-13-9-16(2,3)11-17(10-13,12-19)18-14-6-5-7-15(8-14)20-4/h5-8,13,18-19H,9-12H2,1-4H3. The number of ether oxygens (including phenoxy) is 1. The minimum Gasteiger partial charge on any atom is -0.497 e. The number of hydrogen-bond acceptors (Lipinski definition) is 3. The molecule has 0 aromatic heterocycles. The Morgan fingerprint density at radius 1 is 1.35 bits per heavy atom. The average molecular weight is 277 g/mol. The zero-order valence-corrected chi connectivity index (χ0v) is 13.1. The molecule has 0 heterocycles. The summed E-state index contributed by atoms with van der Waals surface area (Å²) in [6.45, 7) is 7.03. The molecule has 0 spiro atoms. The van der Waals surface area contributed by atoms with Gasteiger partial charge in [-0.2, -0.15) is 0 Å². The van der Waals surface area contributed by atoms with Gasteiger partial charge in [0.1, 0.15) is 5.75 Å². The number of benzene rings is 1. The summed E-state index contributed by atoms with van der Waals surface area (Å²) in [6, 6.07) is 7.93. The highest BCUT2D eigenvalue weighted by Crippen LogP contribution is 2.45. The topological polar surface area (TPSA) is 41.5 Å². The molecule has 1 aromatic rings. The van der Waals surface area contributed by atoms with Crippen molar-refractivity contribution in [1.82, 2.24) is 0 Å². The molecule has 0 aliphatic heterocycles. The van der Waals surface area contributed by atoms with Crippen LogP contribution in [0.4, 0.5) is 5.69 Å². The SMILES string of the molecule is COc1cccc(NC2(CO)CC(C)CC(C)(C)C2)c1. The third kappa shape index (κ3) is 3.45. The molecule has 0 bridgehead atoms. The van der Waals surface area contributed by atoms with E-state index in [1.165, 1.54) is 6.42 Å². The van der Waals surface area contributed by atoms with Crippen molar-refractivity contribution in [3.05, 3.63) is 24.3 Å². The first-order chi connectivity index (χ1) is 9.38. The van der Waals surface area contributed by atoms with Crippen LogP contribution in [0.5, 0.6) is 5.75 Å². The lowest BCUT2D eigenvalue weighted by Crippen LogP contribution is -2.50. The van der Waals surface area contributed by atoms with E-state index >= 15 is 0 Å². The lowest BCUT2D eigenvalue weighted by atomic mass is 9.64. The molecule has 3 heteroatoms. The average Bonchev–Trinajstić information content (AvgIpc) is 2.36. The highest BCUT2D eigenvalue weighted by molar-refractivity contribution is 5.50. The number of hydrogen-bond donors (Lipinski definition) is 2. The van der Waals surface area contributed by atoms with Crippen LogP contribution in [-0.4, -0.2) is 24.4 Å². The summed E-state index contributed by atoms with van der Waals surface area (Å²) in [6.07, 6.45) is 3.21. The summed E-state index contributed by atoms with van der Waals surface area (Å²) in [7, 11) is 1.67. The lowest BCUT2D eigenvalue weighted by molar-refractivity contribution is 0.0749. The zero-order valence-electron chi connectivity index (χ0n) is 13.1. The third-order valence-corrected chi connectivity index (χ3v) is 4.24. The van der Waals surface area contributed by atoms with E-state index in [0.29, 0.717) is 5.92 Å². The van der Waals surface area contributed by atoms with E-state index in [0.717, 1.165) is 24.3 Å². The Hall–Kier alpha value is -1.22. The van der Waals surface area contributed by atoms with E-state index in [1.54, 1.807) is 7.11 Å². The molecular formula is C17H27NO2. The van der Waals surface area contributed by atoms with Gasteiger partial charge in [-0.15, -0.1) is 0 Å². The fourth-order valence-corrected chi connectivity index (χ4v) is 4.01. The van der Waals surface area contributed by atoms with Gasteiger partial charge in [-0.05, 0) is 42.7 Å². The van der Waals surface area contributed by atoms with Crippen molar-refractivity contribution in [2.24, 2.45) is 11.3 Å². The van der Waals surface area contributed by atoms with Gasteiger partial charge in [0.2, 0.25) is 0 Å². The Kier molecular flexibility index (Phi) is 4.28. The predicted octanol–water partition coefficient (Wildman–Crippen LogP) is 3.68. The summed E-state index contributed by atoms with van der Waals surface area (Å²) < 4.78 is 5.27. The first-order valence-electron chi connectivity index (χ1n) is 7.41. The Labute approximate surface area is 122 Å². The van der Waals surface area contributed by atoms with Crippen LogP contribution in [0.25, 0.3) is 0 Å². The maximum Gasteiger partial charge on any atom is 0.120 e. The van der Waals surface area contributed by atoms with E-state index in [4.69, 9.17) is 4.74 Å². The molecule has 0 radical (unpaired) electrons. The van der Waals surface area contributed by atoms with E-state index in [1.807, 2.05) is 24.3 Å². The van der Waals surface area contributed by atoms with Crippen LogP contribution < -0.4 is 10.1 Å². The molecule has 1 fully saturated rings. The maximum atomic E-state index is 9.99. The number of anilines is 1. The number of methoxy groups -OCH3 is 1. The molecule has 20 heavy (non-hydrogen) atoms. The van der Waals surface area contributed by atoms with E-state index in [-0.39, 0.29) is 17.6 Å². The summed E-state index contributed by atoms with van der Waals surface area (Å²) >= 11 is 0.